The predicted octanol–water partition coefficient (Wildman–Crippen LogP) is 2.03. The van der Waals surface area contributed by atoms with Crippen molar-refractivity contribution in [3.8, 4) is 0 Å². The molecule has 0 spiro atoms. The number of piperazine rings is 1. The number of aliphatic hydroxyl groups is 1. The van der Waals surface area contributed by atoms with E-state index in [2.05, 4.69) is 25.6 Å². The van der Waals surface area contributed by atoms with Gasteiger partial charge in [0.15, 0.2) is 5.82 Å². The van der Waals surface area contributed by atoms with Crippen molar-refractivity contribution in [3.05, 3.63) is 53.2 Å². The molecule has 7 nitrogen and oxygen atoms in total. The van der Waals surface area contributed by atoms with Gasteiger partial charge in [0.05, 0.1) is 11.6 Å². The first-order valence-corrected chi connectivity index (χ1v) is 9.11. The summed E-state index contributed by atoms with van der Waals surface area (Å²) in [4.78, 5) is 6.65. The molecule has 0 aliphatic carbocycles. The molecule has 0 amide bonds. The van der Waals surface area contributed by atoms with Crippen molar-refractivity contribution >= 4 is 28.6 Å². The third-order valence-corrected chi connectivity index (χ3v) is 4.96. The molecule has 1 aliphatic heterocycles. The van der Waals surface area contributed by atoms with E-state index >= 15 is 0 Å². The average molecular weight is 391 g/mol. The highest BCUT2D eigenvalue weighted by molar-refractivity contribution is 6.31. The number of hydrogen-bond donors (Lipinski definition) is 3. The van der Waals surface area contributed by atoms with Crippen LogP contribution in [0.3, 0.4) is 0 Å². The summed E-state index contributed by atoms with van der Waals surface area (Å²) in [5.74, 6) is 0.164. The lowest BCUT2D eigenvalue weighted by molar-refractivity contribution is 0.144. The van der Waals surface area contributed by atoms with Crippen molar-refractivity contribution in [3.63, 3.8) is 0 Å². The van der Waals surface area contributed by atoms with Crippen LogP contribution >= 0.6 is 11.6 Å². The second-order valence-electron chi connectivity index (χ2n) is 6.57. The molecule has 4 rings (SSSR count). The van der Waals surface area contributed by atoms with E-state index in [1.54, 1.807) is 10.6 Å². The number of rotatable bonds is 5. The molecule has 0 bridgehead atoms. The molecule has 142 valence electrons. The summed E-state index contributed by atoms with van der Waals surface area (Å²) >= 11 is 5.88. The summed E-state index contributed by atoms with van der Waals surface area (Å²) in [7, 11) is 0. The summed E-state index contributed by atoms with van der Waals surface area (Å²) in [5, 5.41) is 20.2. The van der Waals surface area contributed by atoms with Crippen LogP contribution in [0.15, 0.2) is 36.8 Å². The van der Waals surface area contributed by atoms with Crippen LogP contribution in [0, 0.1) is 5.82 Å². The summed E-state index contributed by atoms with van der Waals surface area (Å²) in [5.41, 5.74) is 2.58. The van der Waals surface area contributed by atoms with Crippen LogP contribution in [-0.4, -0.2) is 56.9 Å². The summed E-state index contributed by atoms with van der Waals surface area (Å²) < 4.78 is 15.2. The van der Waals surface area contributed by atoms with E-state index in [4.69, 9.17) is 11.6 Å². The second-order valence-corrected chi connectivity index (χ2v) is 6.97. The van der Waals surface area contributed by atoms with E-state index in [1.165, 1.54) is 18.5 Å². The van der Waals surface area contributed by atoms with Gasteiger partial charge < -0.3 is 15.7 Å². The summed E-state index contributed by atoms with van der Waals surface area (Å²) in [6, 6.07) is 6.56. The fraction of sp³-hybridized carbons (Fsp3) is 0.333. The van der Waals surface area contributed by atoms with E-state index in [0.29, 0.717) is 11.5 Å². The zero-order valence-corrected chi connectivity index (χ0v) is 15.3. The number of benzene rings is 1. The van der Waals surface area contributed by atoms with Gasteiger partial charge in [0, 0.05) is 44.1 Å². The van der Waals surface area contributed by atoms with Crippen LogP contribution < -0.4 is 10.6 Å². The third kappa shape index (κ3) is 3.89. The number of nitrogens with one attached hydrogen (secondary N) is 2. The molecule has 2 aromatic heterocycles. The van der Waals surface area contributed by atoms with Gasteiger partial charge in [0.1, 0.15) is 17.7 Å². The smallest absolute Gasteiger partial charge is 0.158 e. The van der Waals surface area contributed by atoms with Crippen molar-refractivity contribution in [2.45, 2.75) is 12.6 Å². The lowest BCUT2D eigenvalue weighted by Crippen LogP contribution is -2.51. The van der Waals surface area contributed by atoms with Gasteiger partial charge in [0.2, 0.25) is 0 Å². The highest BCUT2D eigenvalue weighted by Gasteiger charge is 2.20. The van der Waals surface area contributed by atoms with Crippen LogP contribution in [0.5, 0.6) is 0 Å². The number of hydrogen-bond acceptors (Lipinski definition) is 6. The number of aliphatic hydroxyl groups excluding tert-OH is 1. The van der Waals surface area contributed by atoms with Crippen LogP contribution in [-0.2, 0) is 6.54 Å². The SMILES string of the molecule is OC[C@@H]1CN(Cc2ccn3ncnc(Nc4ccc(F)c(Cl)c4)c23)CCN1. The Bertz CT molecular complexity index is 949. The van der Waals surface area contributed by atoms with Gasteiger partial charge in [-0.15, -0.1) is 0 Å². The van der Waals surface area contributed by atoms with Crippen molar-refractivity contribution in [2.75, 3.05) is 31.6 Å². The first-order valence-electron chi connectivity index (χ1n) is 8.74. The second kappa shape index (κ2) is 7.77. The quantitative estimate of drug-likeness (QED) is 0.619. The molecule has 1 aliphatic rings. The van der Waals surface area contributed by atoms with E-state index < -0.39 is 5.82 Å². The van der Waals surface area contributed by atoms with Gasteiger partial charge in [-0.1, -0.05) is 11.6 Å². The molecule has 0 unspecified atom stereocenters. The lowest BCUT2D eigenvalue weighted by atomic mass is 10.2. The topological polar surface area (TPSA) is 77.7 Å². The van der Waals surface area contributed by atoms with Gasteiger partial charge >= 0.3 is 0 Å². The van der Waals surface area contributed by atoms with Crippen molar-refractivity contribution in [1.29, 1.82) is 0 Å². The van der Waals surface area contributed by atoms with E-state index in [-0.39, 0.29) is 17.7 Å². The molecule has 3 N–H and O–H groups in total. The monoisotopic (exact) mass is 390 g/mol. The molecule has 1 aromatic carbocycles. The molecular weight excluding hydrogens is 371 g/mol. The Morgan fingerprint density at radius 3 is 3.07 bits per heavy atom. The maximum atomic E-state index is 13.4. The molecule has 0 radical (unpaired) electrons. The number of halogens is 2. The Balaban J connectivity index is 1.62. The molecule has 1 saturated heterocycles. The van der Waals surface area contributed by atoms with Crippen molar-refractivity contribution < 1.29 is 9.50 Å². The Labute approximate surface area is 160 Å². The fourth-order valence-electron chi connectivity index (χ4n) is 3.35. The number of fused-ring (bicyclic) bond motifs is 1. The summed E-state index contributed by atoms with van der Waals surface area (Å²) in [6.45, 7) is 3.36. The Morgan fingerprint density at radius 2 is 2.26 bits per heavy atom. The number of aromatic nitrogens is 3. The molecule has 3 aromatic rings. The number of anilines is 2. The zero-order chi connectivity index (χ0) is 18.8. The van der Waals surface area contributed by atoms with E-state index in [9.17, 15) is 9.50 Å². The van der Waals surface area contributed by atoms with Gasteiger partial charge in [-0.3, -0.25) is 4.90 Å². The van der Waals surface area contributed by atoms with Crippen LogP contribution in [0.4, 0.5) is 15.9 Å². The van der Waals surface area contributed by atoms with Gasteiger partial charge in [-0.2, -0.15) is 5.10 Å². The maximum absolute atomic E-state index is 13.4. The first kappa shape index (κ1) is 18.1. The highest BCUT2D eigenvalue weighted by Crippen LogP contribution is 2.26. The standard InChI is InChI=1S/C18H20ClFN6O/c19-15-7-13(1-2-16(15)20)24-18-17-12(3-5-26(17)23-11-22-18)8-25-6-4-21-14(9-25)10-27/h1-3,5,7,11,14,21,27H,4,6,8-10H2,(H,22,23,24)/t14-/m0/s1. The normalized spacial score (nSPS) is 18.1. The molecule has 1 atom stereocenters. The first-order chi connectivity index (χ1) is 13.1. The molecule has 0 saturated carbocycles. The van der Waals surface area contributed by atoms with Gasteiger partial charge in [0.25, 0.3) is 0 Å². The zero-order valence-electron chi connectivity index (χ0n) is 14.6. The average Bonchev–Trinajstić information content (AvgIpc) is 3.09. The van der Waals surface area contributed by atoms with Crippen molar-refractivity contribution in [1.82, 2.24) is 24.8 Å². The van der Waals surface area contributed by atoms with E-state index in [1.807, 2.05) is 12.3 Å². The van der Waals surface area contributed by atoms with Gasteiger partial charge in [-0.25, -0.2) is 13.9 Å². The minimum absolute atomic E-state index is 0.0524. The van der Waals surface area contributed by atoms with E-state index in [0.717, 1.165) is 37.3 Å². The highest BCUT2D eigenvalue weighted by atomic mass is 35.5. The largest absolute Gasteiger partial charge is 0.395 e. The Morgan fingerprint density at radius 1 is 1.37 bits per heavy atom. The Hall–Kier alpha value is -2.26. The minimum atomic E-state index is -0.462. The predicted molar refractivity (Wildman–Crippen MR) is 102 cm³/mol. The van der Waals surface area contributed by atoms with Crippen LogP contribution in [0.1, 0.15) is 5.56 Å². The molecule has 9 heteroatoms. The van der Waals surface area contributed by atoms with Crippen LogP contribution in [0.25, 0.3) is 5.52 Å². The number of nitrogens with zero attached hydrogens (tertiary/aromatic N) is 4. The van der Waals surface area contributed by atoms with Gasteiger partial charge in [-0.05, 0) is 29.8 Å². The van der Waals surface area contributed by atoms with Crippen LogP contribution in [0.2, 0.25) is 5.02 Å². The molecular formula is C18H20ClFN6O. The minimum Gasteiger partial charge on any atom is -0.395 e. The van der Waals surface area contributed by atoms with Crippen molar-refractivity contribution in [2.24, 2.45) is 0 Å². The summed E-state index contributed by atoms with van der Waals surface area (Å²) in [6.07, 6.45) is 3.36. The Kier molecular flexibility index (Phi) is 5.22. The maximum Gasteiger partial charge on any atom is 0.158 e. The molecule has 1 fully saturated rings. The third-order valence-electron chi connectivity index (χ3n) is 4.67. The lowest BCUT2D eigenvalue weighted by Gasteiger charge is -2.32. The molecule has 3 heterocycles. The fourth-order valence-corrected chi connectivity index (χ4v) is 3.53. The molecule has 27 heavy (non-hydrogen) atoms.